The highest BCUT2D eigenvalue weighted by Crippen LogP contribution is 2.24. The molecule has 1 aromatic heterocycles. The minimum absolute atomic E-state index is 0.126. The first-order valence-electron chi connectivity index (χ1n) is 3.39. The van der Waals surface area contributed by atoms with Gasteiger partial charge in [0.2, 0.25) is 5.88 Å². The second-order valence-corrected chi connectivity index (χ2v) is 3.21. The second kappa shape index (κ2) is 4.12. The Morgan fingerprint density at radius 2 is 2.00 bits per heavy atom. The molecule has 1 heterocycles. The molecule has 0 atom stereocenters. The van der Waals surface area contributed by atoms with Gasteiger partial charge in [-0.15, -0.1) is 13.2 Å². The van der Waals surface area contributed by atoms with Gasteiger partial charge in [0.25, 0.3) is 0 Å². The Bertz CT molecular complexity index is 328. The van der Waals surface area contributed by atoms with Gasteiger partial charge in [0, 0.05) is 10.5 Å². The van der Waals surface area contributed by atoms with Crippen molar-refractivity contribution in [1.82, 2.24) is 4.98 Å². The smallest absolute Gasteiger partial charge is 0.388 e. The highest BCUT2D eigenvalue weighted by atomic mass is 79.9. The lowest BCUT2D eigenvalue weighted by molar-refractivity contribution is -0.276. The molecule has 0 saturated heterocycles. The van der Waals surface area contributed by atoms with Crippen molar-refractivity contribution >= 4 is 15.9 Å². The summed E-state index contributed by atoms with van der Waals surface area (Å²) in [5.74, 6) is -0.681. The van der Waals surface area contributed by atoms with Gasteiger partial charge in [-0.3, -0.25) is 0 Å². The number of halogens is 5. The summed E-state index contributed by atoms with van der Waals surface area (Å²) in [6.07, 6.45) is -4.82. The molecule has 0 aliphatic heterocycles. The first-order valence-corrected chi connectivity index (χ1v) is 4.18. The molecular formula is C7H4BrF4NO. The molecule has 0 amide bonds. The van der Waals surface area contributed by atoms with E-state index in [1.165, 1.54) is 6.07 Å². The van der Waals surface area contributed by atoms with E-state index in [4.69, 9.17) is 0 Å². The maximum Gasteiger partial charge on any atom is 0.574 e. The van der Waals surface area contributed by atoms with Crippen molar-refractivity contribution in [2.45, 2.75) is 13.0 Å². The van der Waals surface area contributed by atoms with Gasteiger partial charge in [-0.25, -0.2) is 9.37 Å². The number of ether oxygens (including phenoxy) is 1. The van der Waals surface area contributed by atoms with Crippen LogP contribution in [0, 0.1) is 0 Å². The number of hydrogen-bond acceptors (Lipinski definition) is 2. The van der Waals surface area contributed by atoms with Gasteiger partial charge < -0.3 is 4.74 Å². The lowest BCUT2D eigenvalue weighted by Crippen LogP contribution is -2.18. The molecule has 14 heavy (non-hydrogen) atoms. The van der Waals surface area contributed by atoms with Crippen LogP contribution in [-0.2, 0) is 6.67 Å². The Morgan fingerprint density at radius 3 is 2.50 bits per heavy atom. The van der Waals surface area contributed by atoms with Gasteiger partial charge in [0.05, 0.1) is 5.69 Å². The molecule has 1 rings (SSSR count). The third-order valence-electron chi connectivity index (χ3n) is 1.18. The molecule has 2 nitrogen and oxygen atoms in total. The van der Waals surface area contributed by atoms with E-state index in [1.54, 1.807) is 0 Å². The highest BCUT2D eigenvalue weighted by Gasteiger charge is 2.32. The van der Waals surface area contributed by atoms with Crippen molar-refractivity contribution in [3.8, 4) is 5.88 Å². The van der Waals surface area contributed by atoms with E-state index in [-0.39, 0.29) is 10.2 Å². The van der Waals surface area contributed by atoms with Crippen LogP contribution >= 0.6 is 15.9 Å². The summed E-state index contributed by atoms with van der Waals surface area (Å²) in [6.45, 7) is -0.951. The molecule has 0 spiro atoms. The Kier molecular flexibility index (Phi) is 3.30. The van der Waals surface area contributed by atoms with Crippen LogP contribution in [0.3, 0.4) is 0 Å². The van der Waals surface area contributed by atoms with E-state index in [1.807, 2.05) is 0 Å². The zero-order chi connectivity index (χ0) is 10.8. The first kappa shape index (κ1) is 11.2. The summed E-state index contributed by atoms with van der Waals surface area (Å²) in [7, 11) is 0. The van der Waals surface area contributed by atoms with Crippen LogP contribution < -0.4 is 4.74 Å². The third kappa shape index (κ3) is 3.49. The standard InChI is InChI=1S/C7H4BrF4NO/c8-4-1-5(3-9)13-6(2-4)14-7(10,11)12/h1-2H,3H2. The molecule has 78 valence electrons. The predicted molar refractivity (Wildman–Crippen MR) is 43.4 cm³/mol. The molecule has 0 aromatic carbocycles. The number of alkyl halides is 4. The lowest BCUT2D eigenvalue weighted by Gasteiger charge is -2.08. The Morgan fingerprint density at radius 1 is 1.36 bits per heavy atom. The minimum atomic E-state index is -4.82. The van der Waals surface area contributed by atoms with E-state index in [2.05, 4.69) is 25.7 Å². The summed E-state index contributed by atoms with van der Waals surface area (Å²) < 4.78 is 51.1. The number of rotatable bonds is 2. The molecule has 0 fully saturated rings. The topological polar surface area (TPSA) is 22.1 Å². The zero-order valence-corrected chi connectivity index (χ0v) is 8.19. The summed E-state index contributed by atoms with van der Waals surface area (Å²) in [4.78, 5) is 3.29. The molecule has 0 aliphatic carbocycles. The fourth-order valence-corrected chi connectivity index (χ4v) is 1.22. The maximum atomic E-state index is 12.1. The van der Waals surface area contributed by atoms with Crippen molar-refractivity contribution in [1.29, 1.82) is 0 Å². The number of aromatic nitrogens is 1. The largest absolute Gasteiger partial charge is 0.574 e. The number of pyridine rings is 1. The van der Waals surface area contributed by atoms with Crippen LogP contribution in [0.25, 0.3) is 0 Å². The van der Waals surface area contributed by atoms with Crippen LogP contribution in [0.1, 0.15) is 5.69 Å². The normalized spacial score (nSPS) is 11.5. The van der Waals surface area contributed by atoms with Gasteiger partial charge >= 0.3 is 6.36 Å². The van der Waals surface area contributed by atoms with E-state index in [9.17, 15) is 17.6 Å². The van der Waals surface area contributed by atoms with E-state index < -0.39 is 18.9 Å². The maximum absolute atomic E-state index is 12.1. The van der Waals surface area contributed by atoms with Crippen molar-refractivity contribution in [3.63, 3.8) is 0 Å². The fourth-order valence-electron chi connectivity index (χ4n) is 0.764. The monoisotopic (exact) mass is 273 g/mol. The molecule has 0 aliphatic rings. The molecule has 0 radical (unpaired) electrons. The van der Waals surface area contributed by atoms with Gasteiger partial charge in [-0.1, -0.05) is 15.9 Å². The average molecular weight is 274 g/mol. The first-order chi connectivity index (χ1) is 6.40. The molecule has 1 aromatic rings. The Labute approximate surface area is 85.0 Å². The summed E-state index contributed by atoms with van der Waals surface area (Å²) in [5.41, 5.74) is -0.126. The lowest BCUT2D eigenvalue weighted by atomic mass is 10.4. The van der Waals surface area contributed by atoms with Crippen molar-refractivity contribution in [3.05, 3.63) is 22.3 Å². The summed E-state index contributed by atoms with van der Waals surface area (Å²) in [5, 5.41) is 0. The van der Waals surface area contributed by atoms with Crippen LogP contribution in [0.4, 0.5) is 17.6 Å². The molecule has 0 bridgehead atoms. The molecular weight excluding hydrogens is 270 g/mol. The second-order valence-electron chi connectivity index (χ2n) is 2.30. The van der Waals surface area contributed by atoms with E-state index in [0.717, 1.165) is 6.07 Å². The van der Waals surface area contributed by atoms with Gasteiger partial charge in [0.1, 0.15) is 6.67 Å². The fraction of sp³-hybridized carbons (Fsp3) is 0.286. The molecule has 0 N–H and O–H groups in total. The molecule has 0 unspecified atom stereocenters. The number of hydrogen-bond donors (Lipinski definition) is 0. The van der Waals surface area contributed by atoms with Crippen LogP contribution in [0.2, 0.25) is 0 Å². The van der Waals surface area contributed by atoms with Crippen LogP contribution in [0.15, 0.2) is 16.6 Å². The van der Waals surface area contributed by atoms with Crippen molar-refractivity contribution in [2.24, 2.45) is 0 Å². The molecule has 7 heteroatoms. The molecule has 0 saturated carbocycles. The van der Waals surface area contributed by atoms with E-state index >= 15 is 0 Å². The van der Waals surface area contributed by atoms with E-state index in [0.29, 0.717) is 0 Å². The van der Waals surface area contributed by atoms with Crippen molar-refractivity contribution < 1.29 is 22.3 Å². The highest BCUT2D eigenvalue weighted by molar-refractivity contribution is 9.10. The SMILES string of the molecule is FCc1cc(Br)cc(OC(F)(F)F)n1. The number of nitrogens with zero attached hydrogens (tertiary/aromatic N) is 1. The summed E-state index contributed by atoms with van der Waals surface area (Å²) in [6, 6.07) is 2.27. The zero-order valence-electron chi connectivity index (χ0n) is 6.61. The third-order valence-corrected chi connectivity index (χ3v) is 1.63. The average Bonchev–Trinajstić information content (AvgIpc) is 1.99. The van der Waals surface area contributed by atoms with Gasteiger partial charge in [0.15, 0.2) is 0 Å². The van der Waals surface area contributed by atoms with Gasteiger partial charge in [-0.2, -0.15) is 0 Å². The predicted octanol–water partition coefficient (Wildman–Crippen LogP) is 3.21. The Hall–Kier alpha value is -0.850. The quantitative estimate of drug-likeness (QED) is 0.772. The van der Waals surface area contributed by atoms with Gasteiger partial charge in [-0.05, 0) is 6.07 Å². The van der Waals surface area contributed by atoms with Crippen LogP contribution in [0.5, 0.6) is 5.88 Å². The summed E-state index contributed by atoms with van der Waals surface area (Å²) >= 11 is 2.91. The minimum Gasteiger partial charge on any atom is -0.388 e. The van der Waals surface area contributed by atoms with Crippen molar-refractivity contribution in [2.75, 3.05) is 0 Å². The van der Waals surface area contributed by atoms with Crippen LogP contribution in [-0.4, -0.2) is 11.3 Å². The Balaban J connectivity index is 2.92.